The minimum absolute atomic E-state index is 0.0436. The lowest BCUT2D eigenvalue weighted by Gasteiger charge is -2.07. The zero-order chi connectivity index (χ0) is 18.9. The van der Waals surface area contributed by atoms with E-state index < -0.39 is 0 Å². The number of nitrogens with one attached hydrogen (secondary N) is 1. The maximum Gasteiger partial charge on any atom is 0.234 e. The van der Waals surface area contributed by atoms with Crippen molar-refractivity contribution in [1.82, 2.24) is 4.98 Å². The van der Waals surface area contributed by atoms with Crippen LogP contribution < -0.4 is 5.32 Å². The first kappa shape index (κ1) is 19.5. The maximum atomic E-state index is 12.9. The van der Waals surface area contributed by atoms with Gasteiger partial charge < -0.3 is 5.32 Å². The topological polar surface area (TPSA) is 42.0 Å². The summed E-state index contributed by atoms with van der Waals surface area (Å²) in [5.74, 6) is 1.60. The molecule has 138 valence electrons. The van der Waals surface area contributed by atoms with Gasteiger partial charge in [-0.1, -0.05) is 18.2 Å². The van der Waals surface area contributed by atoms with Gasteiger partial charge in [0.05, 0.1) is 5.75 Å². The van der Waals surface area contributed by atoms with E-state index in [2.05, 4.69) is 16.4 Å². The predicted molar refractivity (Wildman–Crippen MR) is 111 cm³/mol. The molecule has 0 fully saturated rings. The van der Waals surface area contributed by atoms with Gasteiger partial charge in [0.25, 0.3) is 0 Å². The summed E-state index contributed by atoms with van der Waals surface area (Å²) in [6, 6.07) is 18.2. The van der Waals surface area contributed by atoms with Crippen LogP contribution in [-0.2, 0) is 16.3 Å². The van der Waals surface area contributed by atoms with Crippen LogP contribution in [0.25, 0.3) is 0 Å². The molecule has 0 aliphatic heterocycles. The van der Waals surface area contributed by atoms with Crippen molar-refractivity contribution in [2.24, 2.45) is 0 Å². The van der Waals surface area contributed by atoms with Gasteiger partial charge in [0, 0.05) is 34.5 Å². The number of aromatic nitrogens is 1. The van der Waals surface area contributed by atoms with Gasteiger partial charge in [-0.05, 0) is 53.6 Å². The number of nitrogens with zero attached hydrogens (tertiary/aromatic N) is 1. The summed E-state index contributed by atoms with van der Waals surface area (Å²) in [7, 11) is 0. The summed E-state index contributed by atoms with van der Waals surface area (Å²) in [6.45, 7) is 0. The van der Waals surface area contributed by atoms with Gasteiger partial charge in [-0.3, -0.25) is 9.78 Å². The summed E-state index contributed by atoms with van der Waals surface area (Å²) >= 11 is 3.23. The normalized spacial score (nSPS) is 10.6. The number of carbonyl (C=O) groups is 1. The number of pyridine rings is 1. The first-order chi connectivity index (χ1) is 13.2. The molecular formula is C21H19FN2OS2. The Balaban J connectivity index is 1.40. The Morgan fingerprint density at radius 3 is 2.44 bits per heavy atom. The third kappa shape index (κ3) is 6.73. The Labute approximate surface area is 166 Å². The van der Waals surface area contributed by atoms with Gasteiger partial charge in [-0.2, -0.15) is 0 Å². The second kappa shape index (κ2) is 10.1. The average molecular weight is 399 g/mol. The minimum Gasteiger partial charge on any atom is -0.325 e. The number of amides is 1. The number of rotatable bonds is 8. The van der Waals surface area contributed by atoms with Crippen LogP contribution in [0.2, 0.25) is 0 Å². The van der Waals surface area contributed by atoms with Crippen molar-refractivity contribution < 1.29 is 9.18 Å². The summed E-state index contributed by atoms with van der Waals surface area (Å²) < 4.78 is 12.9. The van der Waals surface area contributed by atoms with Crippen LogP contribution in [0.1, 0.15) is 11.1 Å². The molecule has 0 radical (unpaired) electrons. The van der Waals surface area contributed by atoms with E-state index in [0.717, 1.165) is 21.9 Å². The van der Waals surface area contributed by atoms with Crippen molar-refractivity contribution in [1.29, 1.82) is 0 Å². The van der Waals surface area contributed by atoms with Gasteiger partial charge in [0.15, 0.2) is 0 Å². The molecule has 0 bridgehead atoms. The highest BCUT2D eigenvalue weighted by Crippen LogP contribution is 2.24. The Morgan fingerprint density at radius 1 is 0.963 bits per heavy atom. The summed E-state index contributed by atoms with van der Waals surface area (Å²) in [4.78, 5) is 17.3. The molecule has 0 atom stereocenters. The van der Waals surface area contributed by atoms with Crippen LogP contribution in [0.4, 0.5) is 10.1 Å². The second-order valence-electron chi connectivity index (χ2n) is 5.84. The van der Waals surface area contributed by atoms with E-state index in [0.29, 0.717) is 11.5 Å². The van der Waals surface area contributed by atoms with Crippen molar-refractivity contribution in [3.05, 3.63) is 90.0 Å². The second-order valence-corrected chi connectivity index (χ2v) is 7.88. The molecule has 0 saturated carbocycles. The molecule has 1 N–H and O–H groups in total. The van der Waals surface area contributed by atoms with Crippen LogP contribution in [0.5, 0.6) is 0 Å². The van der Waals surface area contributed by atoms with E-state index in [1.807, 2.05) is 36.5 Å². The number of halogens is 1. The molecule has 1 amide bonds. The fraction of sp³-hybridized carbons (Fsp3) is 0.143. The molecule has 27 heavy (non-hydrogen) atoms. The van der Waals surface area contributed by atoms with Gasteiger partial charge in [0.1, 0.15) is 5.82 Å². The molecule has 0 aliphatic rings. The van der Waals surface area contributed by atoms with Gasteiger partial charge in [-0.25, -0.2) is 4.39 Å². The van der Waals surface area contributed by atoms with E-state index in [4.69, 9.17) is 0 Å². The van der Waals surface area contributed by atoms with Gasteiger partial charge in [0.2, 0.25) is 5.91 Å². The number of hydrogen-bond donors (Lipinski definition) is 1. The monoisotopic (exact) mass is 398 g/mol. The molecule has 0 aliphatic carbocycles. The summed E-state index contributed by atoms with van der Waals surface area (Å²) in [5, 5.41) is 2.90. The largest absolute Gasteiger partial charge is 0.325 e. The van der Waals surface area contributed by atoms with E-state index in [-0.39, 0.29) is 11.7 Å². The van der Waals surface area contributed by atoms with Crippen molar-refractivity contribution in [3.8, 4) is 0 Å². The Morgan fingerprint density at radius 2 is 1.74 bits per heavy atom. The Bertz CT molecular complexity index is 856. The zero-order valence-electron chi connectivity index (χ0n) is 14.6. The maximum absolute atomic E-state index is 12.9. The number of carbonyl (C=O) groups excluding carboxylic acids is 1. The highest BCUT2D eigenvalue weighted by atomic mass is 32.2. The highest BCUT2D eigenvalue weighted by molar-refractivity contribution is 7.99. The molecule has 2 aromatic carbocycles. The van der Waals surface area contributed by atoms with Crippen LogP contribution in [0.15, 0.2) is 78.0 Å². The molecule has 0 saturated heterocycles. The van der Waals surface area contributed by atoms with Crippen LogP contribution in [0, 0.1) is 5.82 Å². The fourth-order valence-corrected chi connectivity index (χ4v) is 3.94. The Hall–Kier alpha value is -2.31. The lowest BCUT2D eigenvalue weighted by atomic mass is 10.2. The van der Waals surface area contributed by atoms with Gasteiger partial charge >= 0.3 is 0 Å². The SMILES string of the molecule is O=C(CSCc1ccc(F)cc1)Nc1ccc(SCc2cccnc2)cc1. The molecule has 3 rings (SSSR count). The Kier molecular flexibility index (Phi) is 7.30. The molecular weight excluding hydrogens is 379 g/mol. The van der Waals surface area contributed by atoms with Crippen molar-refractivity contribution in [2.75, 3.05) is 11.1 Å². The van der Waals surface area contributed by atoms with Crippen molar-refractivity contribution >= 4 is 35.1 Å². The minimum atomic E-state index is -0.247. The smallest absolute Gasteiger partial charge is 0.234 e. The van der Waals surface area contributed by atoms with Gasteiger partial charge in [-0.15, -0.1) is 23.5 Å². The quantitative estimate of drug-likeness (QED) is 0.517. The molecule has 1 aromatic heterocycles. The first-order valence-corrected chi connectivity index (χ1v) is 10.6. The molecule has 0 spiro atoms. The van der Waals surface area contributed by atoms with Crippen LogP contribution in [-0.4, -0.2) is 16.6 Å². The summed E-state index contributed by atoms with van der Waals surface area (Å²) in [5.41, 5.74) is 2.97. The number of anilines is 1. The lowest BCUT2D eigenvalue weighted by Crippen LogP contribution is -2.14. The number of benzene rings is 2. The summed E-state index contributed by atoms with van der Waals surface area (Å²) in [6.07, 6.45) is 3.63. The number of thioether (sulfide) groups is 2. The van der Waals surface area contributed by atoms with E-state index in [1.54, 1.807) is 30.1 Å². The van der Waals surface area contributed by atoms with Crippen LogP contribution >= 0.6 is 23.5 Å². The third-order valence-electron chi connectivity index (χ3n) is 3.68. The first-order valence-electron chi connectivity index (χ1n) is 8.43. The molecule has 1 heterocycles. The fourth-order valence-electron chi connectivity index (χ4n) is 2.32. The van der Waals surface area contributed by atoms with E-state index >= 15 is 0 Å². The standard InChI is InChI=1S/C21H19FN2OS2/c22-18-5-3-16(4-6-18)13-26-15-21(25)24-19-7-9-20(10-8-19)27-14-17-2-1-11-23-12-17/h1-12H,13-15H2,(H,24,25). The van der Waals surface area contributed by atoms with Crippen molar-refractivity contribution in [3.63, 3.8) is 0 Å². The molecule has 0 unspecified atom stereocenters. The van der Waals surface area contributed by atoms with E-state index in [1.165, 1.54) is 29.5 Å². The molecule has 3 nitrogen and oxygen atoms in total. The third-order valence-corrected chi connectivity index (χ3v) is 5.77. The average Bonchev–Trinajstić information content (AvgIpc) is 2.70. The molecule has 6 heteroatoms. The van der Waals surface area contributed by atoms with E-state index in [9.17, 15) is 9.18 Å². The van der Waals surface area contributed by atoms with Crippen molar-refractivity contribution in [2.45, 2.75) is 16.4 Å². The van der Waals surface area contributed by atoms with Crippen LogP contribution in [0.3, 0.4) is 0 Å². The number of hydrogen-bond acceptors (Lipinski definition) is 4. The zero-order valence-corrected chi connectivity index (χ0v) is 16.2. The predicted octanol–water partition coefficient (Wildman–Crippen LogP) is 5.38. The molecule has 3 aromatic rings. The highest BCUT2D eigenvalue weighted by Gasteiger charge is 2.04. The lowest BCUT2D eigenvalue weighted by molar-refractivity contribution is -0.113.